The number of hydrogen-bond acceptors (Lipinski definition) is 4. The Morgan fingerprint density at radius 2 is 1.82 bits per heavy atom. The average Bonchev–Trinajstić information content (AvgIpc) is 2.38. The average molecular weight is 308 g/mol. The summed E-state index contributed by atoms with van der Waals surface area (Å²) in [6.07, 6.45) is -0.372. The largest absolute Gasteiger partial charge is 0.494 e. The molecule has 22 heavy (non-hydrogen) atoms. The second-order valence-electron chi connectivity index (χ2n) is 5.88. The number of alkyl carbamates (subject to hydrolysis) is 1. The predicted octanol–water partition coefficient (Wildman–Crippen LogP) is 2.01. The van der Waals surface area contributed by atoms with Gasteiger partial charge in [-0.25, -0.2) is 4.79 Å². The fourth-order valence-electron chi connectivity index (χ4n) is 1.80. The van der Waals surface area contributed by atoms with E-state index in [1.165, 1.54) is 0 Å². The molecule has 2 amide bonds. The van der Waals surface area contributed by atoms with Crippen LogP contribution in [0.5, 0.6) is 5.75 Å². The summed E-state index contributed by atoms with van der Waals surface area (Å²) in [5.74, 6) is 0.140. The van der Waals surface area contributed by atoms with Gasteiger partial charge in [0.05, 0.1) is 6.61 Å². The molecule has 1 aromatic rings. The van der Waals surface area contributed by atoms with Crippen molar-refractivity contribution in [3.05, 3.63) is 29.8 Å². The molecule has 0 radical (unpaired) electrons. The third-order valence-electron chi connectivity index (χ3n) is 2.71. The van der Waals surface area contributed by atoms with Crippen LogP contribution in [0.3, 0.4) is 0 Å². The molecule has 0 aliphatic heterocycles. The second-order valence-corrected chi connectivity index (χ2v) is 5.88. The maximum atomic E-state index is 11.7. The molecule has 6 nitrogen and oxygen atoms in total. The molecular weight excluding hydrogens is 284 g/mol. The van der Waals surface area contributed by atoms with Crippen LogP contribution in [0.1, 0.15) is 33.3 Å². The van der Waals surface area contributed by atoms with Crippen LogP contribution in [0.25, 0.3) is 0 Å². The summed E-state index contributed by atoms with van der Waals surface area (Å²) in [4.78, 5) is 23.2. The lowest BCUT2D eigenvalue weighted by Crippen LogP contribution is -2.47. The molecular formula is C16H24N2O4. The normalized spacial score (nSPS) is 12.4. The van der Waals surface area contributed by atoms with Crippen molar-refractivity contribution in [1.82, 2.24) is 5.32 Å². The number of amides is 2. The summed E-state index contributed by atoms with van der Waals surface area (Å²) in [6, 6.07) is 6.46. The molecule has 0 unspecified atom stereocenters. The third kappa shape index (κ3) is 6.47. The van der Waals surface area contributed by atoms with E-state index < -0.39 is 23.6 Å². The Kier molecular flexibility index (Phi) is 6.22. The zero-order valence-electron chi connectivity index (χ0n) is 13.5. The van der Waals surface area contributed by atoms with E-state index in [0.717, 1.165) is 11.3 Å². The standard InChI is InChI=1S/C16H24N2O4/c1-5-21-12-8-6-11(7-9-12)10-13(14(17)19)18-15(20)22-16(2,3)4/h6-9,13H,5,10H2,1-4H3,(H2,17,19)(H,18,20)/t13-/m0/s1. The van der Waals surface area contributed by atoms with Crippen molar-refractivity contribution in [2.45, 2.75) is 45.8 Å². The number of carbonyl (C=O) groups excluding carboxylic acids is 2. The van der Waals surface area contributed by atoms with Gasteiger partial charge in [0.2, 0.25) is 5.91 Å². The van der Waals surface area contributed by atoms with Gasteiger partial charge in [0.1, 0.15) is 17.4 Å². The highest BCUT2D eigenvalue weighted by Gasteiger charge is 2.22. The van der Waals surface area contributed by atoms with E-state index >= 15 is 0 Å². The zero-order valence-corrected chi connectivity index (χ0v) is 13.5. The van der Waals surface area contributed by atoms with Crippen molar-refractivity contribution in [1.29, 1.82) is 0 Å². The van der Waals surface area contributed by atoms with E-state index in [0.29, 0.717) is 13.0 Å². The summed E-state index contributed by atoms with van der Waals surface area (Å²) in [6.45, 7) is 7.74. The van der Waals surface area contributed by atoms with Gasteiger partial charge in [-0.2, -0.15) is 0 Å². The van der Waals surface area contributed by atoms with E-state index in [2.05, 4.69) is 5.32 Å². The lowest BCUT2D eigenvalue weighted by Gasteiger charge is -2.22. The highest BCUT2D eigenvalue weighted by atomic mass is 16.6. The van der Waals surface area contributed by atoms with Crippen LogP contribution < -0.4 is 15.8 Å². The summed E-state index contributed by atoms with van der Waals surface area (Å²) < 4.78 is 10.5. The van der Waals surface area contributed by atoms with Crippen LogP contribution in [0.15, 0.2) is 24.3 Å². The van der Waals surface area contributed by atoms with Crippen molar-refractivity contribution in [2.24, 2.45) is 5.73 Å². The van der Waals surface area contributed by atoms with Crippen LogP contribution in [-0.4, -0.2) is 30.3 Å². The molecule has 0 fully saturated rings. The second kappa shape index (κ2) is 7.68. The first-order valence-electron chi connectivity index (χ1n) is 7.22. The number of rotatable bonds is 6. The summed E-state index contributed by atoms with van der Waals surface area (Å²) in [7, 11) is 0. The van der Waals surface area contributed by atoms with Gasteiger partial charge in [0, 0.05) is 6.42 Å². The van der Waals surface area contributed by atoms with Crippen molar-refractivity contribution in [3.8, 4) is 5.75 Å². The van der Waals surface area contributed by atoms with Crippen molar-refractivity contribution < 1.29 is 19.1 Å². The first-order valence-corrected chi connectivity index (χ1v) is 7.22. The first kappa shape index (κ1) is 17.8. The molecule has 0 aliphatic carbocycles. The molecule has 0 aromatic heterocycles. The fraction of sp³-hybridized carbons (Fsp3) is 0.500. The maximum absolute atomic E-state index is 11.7. The van der Waals surface area contributed by atoms with E-state index in [-0.39, 0.29) is 0 Å². The predicted molar refractivity (Wildman–Crippen MR) is 83.7 cm³/mol. The molecule has 0 aliphatic rings. The molecule has 0 bridgehead atoms. The Bertz CT molecular complexity index is 506. The molecule has 0 heterocycles. The Hall–Kier alpha value is -2.24. The minimum Gasteiger partial charge on any atom is -0.494 e. The molecule has 1 rings (SSSR count). The van der Waals surface area contributed by atoms with Crippen LogP contribution in [-0.2, 0) is 16.0 Å². The van der Waals surface area contributed by atoms with Gasteiger partial charge in [0.15, 0.2) is 0 Å². The Morgan fingerprint density at radius 3 is 2.27 bits per heavy atom. The maximum Gasteiger partial charge on any atom is 0.408 e. The Morgan fingerprint density at radius 1 is 1.23 bits per heavy atom. The molecule has 122 valence electrons. The zero-order chi connectivity index (χ0) is 16.8. The fourth-order valence-corrected chi connectivity index (χ4v) is 1.80. The number of benzene rings is 1. The molecule has 0 saturated heterocycles. The Labute approximate surface area is 131 Å². The van der Waals surface area contributed by atoms with Gasteiger partial charge in [-0.1, -0.05) is 12.1 Å². The van der Waals surface area contributed by atoms with E-state index in [1.54, 1.807) is 20.8 Å². The SMILES string of the molecule is CCOc1ccc(C[C@H](NC(=O)OC(C)(C)C)C(N)=O)cc1. The van der Waals surface area contributed by atoms with Gasteiger partial charge in [-0.05, 0) is 45.4 Å². The Balaban J connectivity index is 2.68. The minimum absolute atomic E-state index is 0.293. The van der Waals surface area contributed by atoms with Gasteiger partial charge in [0.25, 0.3) is 0 Å². The van der Waals surface area contributed by atoms with E-state index in [9.17, 15) is 9.59 Å². The molecule has 1 aromatic carbocycles. The molecule has 1 atom stereocenters. The summed E-state index contributed by atoms with van der Waals surface area (Å²) in [5, 5.41) is 2.49. The number of carbonyl (C=O) groups is 2. The quantitative estimate of drug-likeness (QED) is 0.841. The number of hydrogen-bond donors (Lipinski definition) is 2. The smallest absolute Gasteiger partial charge is 0.408 e. The number of nitrogens with two attached hydrogens (primary N) is 1. The minimum atomic E-state index is -0.826. The first-order chi connectivity index (χ1) is 10.2. The highest BCUT2D eigenvalue weighted by Crippen LogP contribution is 2.14. The monoisotopic (exact) mass is 308 g/mol. The van der Waals surface area contributed by atoms with Gasteiger partial charge >= 0.3 is 6.09 Å². The number of ether oxygens (including phenoxy) is 2. The lowest BCUT2D eigenvalue weighted by molar-refractivity contribution is -0.120. The number of nitrogens with one attached hydrogen (secondary N) is 1. The van der Waals surface area contributed by atoms with E-state index in [4.69, 9.17) is 15.2 Å². The molecule has 3 N–H and O–H groups in total. The summed E-state index contributed by atoms with van der Waals surface area (Å²) in [5.41, 5.74) is 5.57. The van der Waals surface area contributed by atoms with Gasteiger partial charge in [-0.15, -0.1) is 0 Å². The molecule has 0 saturated carbocycles. The summed E-state index contributed by atoms with van der Waals surface area (Å²) >= 11 is 0. The van der Waals surface area contributed by atoms with Crippen LogP contribution in [0.2, 0.25) is 0 Å². The van der Waals surface area contributed by atoms with Crippen molar-refractivity contribution in [2.75, 3.05) is 6.61 Å². The molecule has 6 heteroatoms. The highest BCUT2D eigenvalue weighted by molar-refractivity contribution is 5.84. The third-order valence-corrected chi connectivity index (χ3v) is 2.71. The van der Waals surface area contributed by atoms with E-state index in [1.807, 2.05) is 31.2 Å². The lowest BCUT2D eigenvalue weighted by atomic mass is 10.1. The topological polar surface area (TPSA) is 90.7 Å². The van der Waals surface area contributed by atoms with Crippen LogP contribution >= 0.6 is 0 Å². The van der Waals surface area contributed by atoms with Crippen LogP contribution in [0.4, 0.5) is 4.79 Å². The number of primary amides is 1. The molecule has 0 spiro atoms. The van der Waals surface area contributed by atoms with Gasteiger partial charge in [-0.3, -0.25) is 4.79 Å². The van der Waals surface area contributed by atoms with Crippen molar-refractivity contribution >= 4 is 12.0 Å². The van der Waals surface area contributed by atoms with Crippen LogP contribution in [0, 0.1) is 0 Å². The van der Waals surface area contributed by atoms with Crippen molar-refractivity contribution in [3.63, 3.8) is 0 Å². The van der Waals surface area contributed by atoms with Gasteiger partial charge < -0.3 is 20.5 Å².